The van der Waals surface area contributed by atoms with Gasteiger partial charge in [0.05, 0.1) is 19.9 Å². The SMILES string of the molecule is COc1ccc(NC(=O)C2(C)CCN(c3ccc(OC)cc3)S2(=O)=O)cc1. The number of sulfonamides is 1. The summed E-state index contributed by atoms with van der Waals surface area (Å²) in [4.78, 5) is 12.8. The summed E-state index contributed by atoms with van der Waals surface area (Å²) in [6.07, 6.45) is 0.198. The number of nitrogens with zero attached hydrogens (tertiary/aromatic N) is 1. The molecule has 7 nitrogen and oxygen atoms in total. The minimum Gasteiger partial charge on any atom is -0.497 e. The second kappa shape index (κ2) is 7.11. The largest absolute Gasteiger partial charge is 0.497 e. The molecule has 1 fully saturated rings. The van der Waals surface area contributed by atoms with Gasteiger partial charge in [-0.05, 0) is 61.9 Å². The topological polar surface area (TPSA) is 84.9 Å². The van der Waals surface area contributed by atoms with Crippen LogP contribution in [-0.4, -0.2) is 39.8 Å². The quantitative estimate of drug-likeness (QED) is 0.848. The first-order valence-corrected chi connectivity index (χ1v) is 9.88. The van der Waals surface area contributed by atoms with E-state index in [-0.39, 0.29) is 13.0 Å². The van der Waals surface area contributed by atoms with Gasteiger partial charge in [-0.25, -0.2) is 8.42 Å². The molecule has 1 unspecified atom stereocenters. The molecule has 2 aromatic carbocycles. The molecule has 144 valence electrons. The molecule has 0 radical (unpaired) electrons. The summed E-state index contributed by atoms with van der Waals surface area (Å²) in [5, 5.41) is 2.70. The number of hydrogen-bond acceptors (Lipinski definition) is 5. The lowest BCUT2D eigenvalue weighted by Crippen LogP contribution is -2.47. The van der Waals surface area contributed by atoms with Gasteiger partial charge in [0.1, 0.15) is 11.5 Å². The fraction of sp³-hybridized carbons (Fsp3) is 0.316. The van der Waals surface area contributed by atoms with Crippen LogP contribution in [0.4, 0.5) is 11.4 Å². The van der Waals surface area contributed by atoms with Crippen LogP contribution in [-0.2, 0) is 14.8 Å². The first-order valence-electron chi connectivity index (χ1n) is 8.44. The fourth-order valence-electron chi connectivity index (χ4n) is 2.99. The summed E-state index contributed by atoms with van der Waals surface area (Å²) in [7, 11) is -0.783. The Morgan fingerprint density at radius 1 is 1.00 bits per heavy atom. The summed E-state index contributed by atoms with van der Waals surface area (Å²) in [5.41, 5.74) is 1.02. The van der Waals surface area contributed by atoms with Crippen molar-refractivity contribution < 1.29 is 22.7 Å². The lowest BCUT2D eigenvalue weighted by molar-refractivity contribution is -0.118. The van der Waals surface area contributed by atoms with E-state index in [1.54, 1.807) is 62.8 Å². The van der Waals surface area contributed by atoms with Gasteiger partial charge in [0.25, 0.3) is 0 Å². The van der Waals surface area contributed by atoms with Gasteiger partial charge in [0, 0.05) is 12.2 Å². The number of nitrogens with one attached hydrogen (secondary N) is 1. The van der Waals surface area contributed by atoms with Crippen LogP contribution in [0.15, 0.2) is 48.5 Å². The average molecular weight is 390 g/mol. The number of carbonyl (C=O) groups excluding carboxylic acids is 1. The van der Waals surface area contributed by atoms with E-state index in [4.69, 9.17) is 9.47 Å². The van der Waals surface area contributed by atoms with Gasteiger partial charge >= 0.3 is 0 Å². The summed E-state index contributed by atoms with van der Waals surface area (Å²) >= 11 is 0. The summed E-state index contributed by atoms with van der Waals surface area (Å²) in [5.74, 6) is 0.734. The van der Waals surface area contributed by atoms with Gasteiger partial charge in [0.2, 0.25) is 15.9 Å². The molecule has 1 aliphatic heterocycles. The molecular weight excluding hydrogens is 368 g/mol. The maximum Gasteiger partial charge on any atom is 0.249 e. The van der Waals surface area contributed by atoms with Gasteiger partial charge in [-0.2, -0.15) is 0 Å². The minimum atomic E-state index is -3.88. The van der Waals surface area contributed by atoms with Crippen LogP contribution in [0.3, 0.4) is 0 Å². The Hall–Kier alpha value is -2.74. The van der Waals surface area contributed by atoms with Gasteiger partial charge in [0.15, 0.2) is 4.75 Å². The van der Waals surface area contributed by atoms with Gasteiger partial charge < -0.3 is 14.8 Å². The first-order chi connectivity index (χ1) is 12.8. The van der Waals surface area contributed by atoms with Crippen molar-refractivity contribution in [1.29, 1.82) is 0 Å². The second-order valence-corrected chi connectivity index (χ2v) is 8.73. The number of carbonyl (C=O) groups is 1. The normalized spacial score (nSPS) is 20.9. The molecule has 1 N–H and O–H groups in total. The number of amides is 1. The summed E-state index contributed by atoms with van der Waals surface area (Å²) in [6.45, 7) is 1.70. The maximum atomic E-state index is 13.1. The Labute approximate surface area is 158 Å². The highest BCUT2D eigenvalue weighted by Crippen LogP contribution is 2.37. The Morgan fingerprint density at radius 3 is 2.04 bits per heavy atom. The Morgan fingerprint density at radius 2 is 1.52 bits per heavy atom. The van der Waals surface area contributed by atoms with E-state index in [1.807, 2.05) is 0 Å². The lowest BCUT2D eigenvalue weighted by atomic mass is 10.1. The van der Waals surface area contributed by atoms with E-state index in [9.17, 15) is 13.2 Å². The molecule has 3 rings (SSSR count). The summed E-state index contributed by atoms with van der Waals surface area (Å²) in [6, 6.07) is 13.5. The van der Waals surface area contributed by atoms with Crippen LogP contribution in [0, 0.1) is 0 Å². The number of benzene rings is 2. The molecule has 27 heavy (non-hydrogen) atoms. The fourth-order valence-corrected chi connectivity index (χ4v) is 4.84. The van der Waals surface area contributed by atoms with Crippen molar-refractivity contribution in [3.05, 3.63) is 48.5 Å². The molecule has 0 aliphatic carbocycles. The zero-order chi connectivity index (χ0) is 19.7. The smallest absolute Gasteiger partial charge is 0.249 e. The minimum absolute atomic E-state index is 0.198. The molecule has 2 aromatic rings. The predicted octanol–water partition coefficient (Wildman–Crippen LogP) is 2.64. The first kappa shape index (κ1) is 19.0. The molecule has 1 heterocycles. The van der Waals surface area contributed by atoms with Crippen LogP contribution in [0.25, 0.3) is 0 Å². The highest BCUT2D eigenvalue weighted by Gasteiger charge is 2.54. The van der Waals surface area contributed by atoms with Crippen molar-refractivity contribution in [2.24, 2.45) is 0 Å². The van der Waals surface area contributed by atoms with Crippen molar-refractivity contribution in [1.82, 2.24) is 0 Å². The van der Waals surface area contributed by atoms with E-state index in [0.717, 1.165) is 0 Å². The van der Waals surface area contributed by atoms with Crippen LogP contribution in [0.2, 0.25) is 0 Å². The maximum absolute atomic E-state index is 13.1. The molecule has 0 saturated carbocycles. The number of hydrogen-bond donors (Lipinski definition) is 1. The molecule has 1 aliphatic rings. The van der Waals surface area contributed by atoms with Crippen molar-refractivity contribution in [3.63, 3.8) is 0 Å². The molecule has 0 aromatic heterocycles. The number of methoxy groups -OCH3 is 2. The zero-order valence-corrected chi connectivity index (χ0v) is 16.2. The molecular formula is C19H22N2O5S. The van der Waals surface area contributed by atoms with Crippen molar-refractivity contribution >= 4 is 27.3 Å². The third kappa shape index (κ3) is 3.32. The number of ether oxygens (including phenoxy) is 2. The third-order valence-electron chi connectivity index (χ3n) is 4.84. The molecule has 0 spiro atoms. The molecule has 1 saturated heterocycles. The van der Waals surface area contributed by atoms with Crippen molar-refractivity contribution in [3.8, 4) is 11.5 Å². The predicted molar refractivity (Wildman–Crippen MR) is 104 cm³/mol. The lowest BCUT2D eigenvalue weighted by Gasteiger charge is -2.25. The van der Waals surface area contributed by atoms with E-state index in [2.05, 4.69) is 5.32 Å². The van der Waals surface area contributed by atoms with Crippen LogP contribution in [0.5, 0.6) is 11.5 Å². The number of rotatable bonds is 5. The monoisotopic (exact) mass is 390 g/mol. The Bertz CT molecular complexity index is 926. The molecule has 8 heteroatoms. The molecule has 0 bridgehead atoms. The van der Waals surface area contributed by atoms with Crippen LogP contribution >= 0.6 is 0 Å². The zero-order valence-electron chi connectivity index (χ0n) is 15.4. The molecule has 1 atom stereocenters. The average Bonchev–Trinajstić information content (AvgIpc) is 2.93. The van der Waals surface area contributed by atoms with E-state index in [0.29, 0.717) is 22.9 Å². The Balaban J connectivity index is 1.82. The highest BCUT2D eigenvalue weighted by atomic mass is 32.2. The standard InChI is InChI=1S/C19H22N2O5S/c1-19(18(22)20-14-4-8-16(25-2)9-5-14)12-13-21(27(19,23)24)15-6-10-17(26-3)11-7-15/h4-11H,12-13H2,1-3H3,(H,20,22). The van der Waals surface area contributed by atoms with Crippen LogP contribution < -0.4 is 19.1 Å². The third-order valence-corrected chi connectivity index (χ3v) is 7.34. The molecule has 1 amide bonds. The van der Waals surface area contributed by atoms with Crippen molar-refractivity contribution in [2.45, 2.75) is 18.1 Å². The van der Waals surface area contributed by atoms with Crippen LogP contribution in [0.1, 0.15) is 13.3 Å². The van der Waals surface area contributed by atoms with Gasteiger partial charge in [-0.3, -0.25) is 9.10 Å². The Kier molecular flexibility index (Phi) is 5.01. The summed E-state index contributed by atoms with van der Waals surface area (Å²) < 4.78 is 36.1. The van der Waals surface area contributed by atoms with E-state index < -0.39 is 20.7 Å². The second-order valence-electron chi connectivity index (χ2n) is 6.44. The number of anilines is 2. The van der Waals surface area contributed by atoms with Crippen molar-refractivity contribution in [2.75, 3.05) is 30.4 Å². The van der Waals surface area contributed by atoms with Gasteiger partial charge in [-0.1, -0.05) is 0 Å². The highest BCUT2D eigenvalue weighted by molar-refractivity contribution is 7.95. The van der Waals surface area contributed by atoms with Gasteiger partial charge in [-0.15, -0.1) is 0 Å². The van der Waals surface area contributed by atoms with E-state index in [1.165, 1.54) is 11.2 Å². The van der Waals surface area contributed by atoms with E-state index >= 15 is 0 Å².